The van der Waals surface area contributed by atoms with Crippen molar-refractivity contribution >= 4 is 23.2 Å². The van der Waals surface area contributed by atoms with Gasteiger partial charge >= 0.3 is 6.18 Å². The molecule has 0 fully saturated rings. The molecule has 0 saturated heterocycles. The zero-order chi connectivity index (χ0) is 15.1. The minimum atomic E-state index is -4.84. The van der Waals surface area contributed by atoms with Gasteiger partial charge < -0.3 is 0 Å². The van der Waals surface area contributed by atoms with E-state index in [1.165, 1.54) is 12.1 Å². The third-order valence-electron chi connectivity index (χ3n) is 2.36. The van der Waals surface area contributed by atoms with Crippen molar-refractivity contribution in [2.45, 2.75) is 6.18 Å². The highest BCUT2D eigenvalue weighted by Gasteiger charge is 2.39. The smallest absolute Gasteiger partial charge is 0.220 e. The van der Waals surface area contributed by atoms with Crippen LogP contribution in [0, 0.1) is 17.1 Å². The van der Waals surface area contributed by atoms with Crippen LogP contribution in [0.3, 0.4) is 0 Å². The lowest BCUT2D eigenvalue weighted by atomic mass is 10.2. The van der Waals surface area contributed by atoms with Crippen molar-refractivity contribution in [3.8, 4) is 11.8 Å². The molecule has 0 spiro atoms. The van der Waals surface area contributed by atoms with Crippen LogP contribution in [-0.4, -0.2) is 9.78 Å². The van der Waals surface area contributed by atoms with Crippen molar-refractivity contribution in [1.82, 2.24) is 9.78 Å². The summed E-state index contributed by atoms with van der Waals surface area (Å²) in [5.74, 6) is -0.845. The molecule has 104 valence electrons. The molecule has 1 aromatic heterocycles. The molecule has 0 unspecified atom stereocenters. The van der Waals surface area contributed by atoms with Crippen LogP contribution in [0.25, 0.3) is 5.69 Å². The first-order valence-electron chi connectivity index (χ1n) is 4.97. The molecule has 0 bridgehead atoms. The van der Waals surface area contributed by atoms with Crippen molar-refractivity contribution in [3.05, 3.63) is 45.4 Å². The topological polar surface area (TPSA) is 41.6 Å². The predicted molar refractivity (Wildman–Crippen MR) is 63.3 cm³/mol. The number of aromatic nitrogens is 2. The van der Waals surface area contributed by atoms with E-state index in [1.807, 2.05) is 0 Å². The summed E-state index contributed by atoms with van der Waals surface area (Å²) in [6.45, 7) is 0. The van der Waals surface area contributed by atoms with E-state index in [2.05, 4.69) is 5.10 Å². The largest absolute Gasteiger partial charge is 0.436 e. The lowest BCUT2D eigenvalue weighted by Crippen LogP contribution is -2.08. The third kappa shape index (κ3) is 2.44. The number of benzene rings is 1. The van der Waals surface area contributed by atoms with Crippen molar-refractivity contribution < 1.29 is 17.6 Å². The number of nitriles is 1. The summed E-state index contributed by atoms with van der Waals surface area (Å²) in [5.41, 5.74) is -2.33. The van der Waals surface area contributed by atoms with Crippen LogP contribution >= 0.6 is 23.2 Å². The van der Waals surface area contributed by atoms with Gasteiger partial charge in [0.05, 0.1) is 10.7 Å². The second-order valence-electron chi connectivity index (χ2n) is 3.63. The fourth-order valence-corrected chi connectivity index (χ4v) is 1.87. The Morgan fingerprint density at radius 3 is 2.35 bits per heavy atom. The van der Waals surface area contributed by atoms with Crippen LogP contribution in [0.4, 0.5) is 17.6 Å². The summed E-state index contributed by atoms with van der Waals surface area (Å²) in [6.07, 6.45) is -4.84. The van der Waals surface area contributed by atoms with E-state index in [0.29, 0.717) is 4.68 Å². The van der Waals surface area contributed by atoms with Crippen LogP contribution in [0.1, 0.15) is 11.3 Å². The molecule has 2 aromatic rings. The molecule has 3 nitrogen and oxygen atoms in total. The maximum absolute atomic E-state index is 13.3. The number of hydrogen-bond acceptors (Lipinski definition) is 2. The molecule has 0 atom stereocenters. The number of nitrogens with zero attached hydrogens (tertiary/aromatic N) is 3. The molecule has 0 radical (unpaired) electrons. The Morgan fingerprint density at radius 1 is 1.25 bits per heavy atom. The molecule has 0 aliphatic heterocycles. The summed E-state index contributed by atoms with van der Waals surface area (Å²) in [5, 5.41) is 11.2. The van der Waals surface area contributed by atoms with Gasteiger partial charge in [-0.3, -0.25) is 0 Å². The summed E-state index contributed by atoms with van der Waals surface area (Å²) in [7, 11) is 0. The van der Waals surface area contributed by atoms with Gasteiger partial charge in [-0.1, -0.05) is 23.2 Å². The van der Waals surface area contributed by atoms with Crippen molar-refractivity contribution in [2.75, 3.05) is 0 Å². The lowest BCUT2D eigenvalue weighted by molar-refractivity contribution is -0.141. The fourth-order valence-electron chi connectivity index (χ4n) is 1.48. The summed E-state index contributed by atoms with van der Waals surface area (Å²) in [6, 6.07) is 4.57. The molecular weight excluding hydrogens is 321 g/mol. The van der Waals surface area contributed by atoms with Crippen molar-refractivity contribution in [2.24, 2.45) is 0 Å². The first-order valence-corrected chi connectivity index (χ1v) is 5.72. The van der Waals surface area contributed by atoms with Crippen LogP contribution < -0.4 is 0 Å². The van der Waals surface area contributed by atoms with Gasteiger partial charge in [0.1, 0.15) is 17.4 Å². The minimum Gasteiger partial charge on any atom is -0.220 e. The number of alkyl halides is 3. The Balaban J connectivity index is 2.67. The van der Waals surface area contributed by atoms with Gasteiger partial charge in [0, 0.05) is 6.07 Å². The van der Waals surface area contributed by atoms with Crippen LogP contribution in [-0.2, 0) is 6.18 Å². The van der Waals surface area contributed by atoms with Crippen LogP contribution in [0.2, 0.25) is 10.2 Å². The van der Waals surface area contributed by atoms with Gasteiger partial charge in [-0.2, -0.15) is 23.5 Å². The monoisotopic (exact) mass is 323 g/mol. The predicted octanol–water partition coefficient (Wildman–Crippen LogP) is 4.21. The normalized spacial score (nSPS) is 11.4. The molecule has 20 heavy (non-hydrogen) atoms. The van der Waals surface area contributed by atoms with Gasteiger partial charge in [-0.15, -0.1) is 0 Å². The number of hydrogen-bond donors (Lipinski definition) is 0. The van der Waals surface area contributed by atoms with Gasteiger partial charge in [-0.25, -0.2) is 9.07 Å². The minimum absolute atomic E-state index is 0.0797. The van der Waals surface area contributed by atoms with Gasteiger partial charge in [0.15, 0.2) is 10.8 Å². The fraction of sp³-hybridized carbons (Fsp3) is 0.0909. The number of rotatable bonds is 1. The number of halogens is 6. The zero-order valence-electron chi connectivity index (χ0n) is 9.34. The Bertz CT molecular complexity index is 716. The summed E-state index contributed by atoms with van der Waals surface area (Å²) >= 11 is 11.2. The van der Waals surface area contributed by atoms with E-state index < -0.39 is 28.4 Å². The summed E-state index contributed by atoms with van der Waals surface area (Å²) in [4.78, 5) is 0. The summed E-state index contributed by atoms with van der Waals surface area (Å²) < 4.78 is 52.1. The first-order chi connectivity index (χ1) is 9.25. The highest BCUT2D eigenvalue weighted by Crippen LogP contribution is 2.35. The average Bonchev–Trinajstić information content (AvgIpc) is 2.69. The van der Waals surface area contributed by atoms with Gasteiger partial charge in [-0.05, 0) is 12.1 Å². The highest BCUT2D eigenvalue weighted by atomic mass is 35.5. The molecule has 0 saturated carbocycles. The maximum atomic E-state index is 13.3. The van der Waals surface area contributed by atoms with Crippen LogP contribution in [0.15, 0.2) is 18.2 Å². The van der Waals surface area contributed by atoms with Crippen LogP contribution in [0.5, 0.6) is 0 Å². The first kappa shape index (κ1) is 14.6. The Hall–Kier alpha value is -1.78. The van der Waals surface area contributed by atoms with E-state index in [0.717, 1.165) is 12.1 Å². The molecule has 0 aliphatic carbocycles. The zero-order valence-corrected chi connectivity index (χ0v) is 10.9. The molecule has 0 amide bonds. The Kier molecular flexibility index (Phi) is 3.63. The molecule has 0 aliphatic rings. The average molecular weight is 324 g/mol. The molecule has 0 N–H and O–H groups in total. The molecular formula is C11H3Cl2F4N3. The highest BCUT2D eigenvalue weighted by molar-refractivity contribution is 6.31. The van der Waals surface area contributed by atoms with Crippen molar-refractivity contribution in [1.29, 1.82) is 5.26 Å². The standard InChI is InChI=1S/C11H3Cl2F4N3/c12-7-2-1-5(3-8(7)14)20-10(13)6(4-18)9(19-20)11(15,16)17/h1-3H. The molecule has 1 heterocycles. The Morgan fingerprint density at radius 2 is 1.90 bits per heavy atom. The van der Waals surface area contributed by atoms with Gasteiger partial charge in [0.25, 0.3) is 0 Å². The van der Waals surface area contributed by atoms with Crippen molar-refractivity contribution in [3.63, 3.8) is 0 Å². The van der Waals surface area contributed by atoms with E-state index in [-0.39, 0.29) is 10.7 Å². The second kappa shape index (κ2) is 4.96. The quantitative estimate of drug-likeness (QED) is 0.738. The Labute approximate surface area is 119 Å². The second-order valence-corrected chi connectivity index (χ2v) is 4.40. The molecule has 1 aromatic carbocycles. The maximum Gasteiger partial charge on any atom is 0.436 e. The van der Waals surface area contributed by atoms with E-state index >= 15 is 0 Å². The third-order valence-corrected chi connectivity index (χ3v) is 3.01. The van der Waals surface area contributed by atoms with E-state index in [1.54, 1.807) is 0 Å². The van der Waals surface area contributed by atoms with E-state index in [9.17, 15) is 17.6 Å². The SMILES string of the molecule is N#Cc1c(C(F)(F)F)nn(-c2ccc(Cl)c(F)c2)c1Cl. The molecule has 2 rings (SSSR count). The molecule has 9 heteroatoms. The lowest BCUT2D eigenvalue weighted by Gasteiger charge is -2.04. The van der Waals surface area contributed by atoms with E-state index in [4.69, 9.17) is 28.5 Å². The van der Waals surface area contributed by atoms with Gasteiger partial charge in [0.2, 0.25) is 0 Å².